The van der Waals surface area contributed by atoms with Gasteiger partial charge in [-0.1, -0.05) is 11.6 Å². The fourth-order valence-electron chi connectivity index (χ4n) is 4.05. The maximum Gasteiger partial charge on any atom is 0.409 e. The summed E-state index contributed by atoms with van der Waals surface area (Å²) in [4.78, 5) is 30.5. The molecule has 2 amide bonds. The minimum atomic E-state index is -0.583. The molecule has 186 valence electrons. The van der Waals surface area contributed by atoms with Crippen LogP contribution >= 0.6 is 11.6 Å². The van der Waals surface area contributed by atoms with Crippen LogP contribution in [0.4, 0.5) is 9.18 Å². The fourth-order valence-corrected chi connectivity index (χ4v) is 4.21. The molecule has 2 aromatic heterocycles. The summed E-state index contributed by atoms with van der Waals surface area (Å²) in [6, 6.07) is 7.68. The maximum atomic E-state index is 15.3. The van der Waals surface area contributed by atoms with Crippen molar-refractivity contribution in [1.82, 2.24) is 19.6 Å². The first-order valence-electron chi connectivity index (χ1n) is 11.1. The third kappa shape index (κ3) is 5.55. The quantitative estimate of drug-likeness (QED) is 0.497. The van der Waals surface area contributed by atoms with Gasteiger partial charge < -0.3 is 28.8 Å². The first kappa shape index (κ1) is 24.9. The summed E-state index contributed by atoms with van der Waals surface area (Å²) >= 11 is 6.16. The number of amides is 2. The molecule has 1 aliphatic rings. The molecule has 1 aliphatic heterocycles. The van der Waals surface area contributed by atoms with Gasteiger partial charge in [0, 0.05) is 55.0 Å². The molecular formula is C24H26ClFN4O5. The van der Waals surface area contributed by atoms with E-state index < -0.39 is 17.8 Å². The van der Waals surface area contributed by atoms with E-state index >= 15 is 4.39 Å². The number of halogens is 2. The van der Waals surface area contributed by atoms with Gasteiger partial charge in [-0.25, -0.2) is 14.2 Å². The highest BCUT2D eigenvalue weighted by molar-refractivity contribution is 6.30. The van der Waals surface area contributed by atoms with Crippen LogP contribution in [0.2, 0.25) is 5.02 Å². The molecule has 1 fully saturated rings. The third-order valence-electron chi connectivity index (χ3n) is 5.76. The van der Waals surface area contributed by atoms with Crippen molar-refractivity contribution >= 4 is 29.2 Å². The van der Waals surface area contributed by atoms with Gasteiger partial charge in [0.2, 0.25) is 0 Å². The van der Waals surface area contributed by atoms with Crippen molar-refractivity contribution in [3.8, 4) is 11.3 Å². The molecule has 35 heavy (non-hydrogen) atoms. The predicted octanol–water partition coefficient (Wildman–Crippen LogP) is 3.18. The maximum absolute atomic E-state index is 15.3. The van der Waals surface area contributed by atoms with Gasteiger partial charge in [-0.05, 0) is 24.3 Å². The molecule has 1 aromatic carbocycles. The van der Waals surface area contributed by atoms with Gasteiger partial charge in [-0.15, -0.1) is 0 Å². The number of carbonyl (C=O) groups excluding carboxylic acids is 2. The molecule has 9 nitrogen and oxygen atoms in total. The molecule has 0 unspecified atom stereocenters. The summed E-state index contributed by atoms with van der Waals surface area (Å²) in [6.45, 7) is 1.80. The third-order valence-corrected chi connectivity index (χ3v) is 5.99. The zero-order valence-corrected chi connectivity index (χ0v) is 20.2. The number of rotatable bonds is 7. The van der Waals surface area contributed by atoms with Crippen LogP contribution in [-0.2, 0) is 20.6 Å². The smallest absolute Gasteiger partial charge is 0.409 e. The number of imidazole rings is 1. The second kappa shape index (κ2) is 11.0. The van der Waals surface area contributed by atoms with Crippen molar-refractivity contribution < 1.29 is 28.2 Å². The number of methoxy groups -OCH3 is 2. The normalized spacial score (nSPS) is 15.9. The molecule has 0 aliphatic carbocycles. The van der Waals surface area contributed by atoms with Crippen LogP contribution in [0.15, 0.2) is 36.5 Å². The highest BCUT2D eigenvalue weighted by Crippen LogP contribution is 2.30. The van der Waals surface area contributed by atoms with E-state index in [4.69, 9.17) is 25.8 Å². The average Bonchev–Trinajstić information content (AvgIpc) is 3.20. The Bertz CT molecular complexity index is 1230. The number of aromatic nitrogens is 2. The van der Waals surface area contributed by atoms with Gasteiger partial charge in [0.1, 0.15) is 11.5 Å². The summed E-state index contributed by atoms with van der Waals surface area (Å²) in [5.41, 5.74) is 2.09. The Balaban J connectivity index is 1.67. The Hall–Kier alpha value is -3.21. The lowest BCUT2D eigenvalue weighted by Crippen LogP contribution is -2.46. The molecule has 0 spiro atoms. The van der Waals surface area contributed by atoms with Crippen LogP contribution in [0.25, 0.3) is 16.9 Å². The van der Waals surface area contributed by atoms with E-state index in [1.54, 1.807) is 29.3 Å². The van der Waals surface area contributed by atoms with Gasteiger partial charge in [-0.3, -0.25) is 4.79 Å². The summed E-state index contributed by atoms with van der Waals surface area (Å²) < 4.78 is 32.8. The van der Waals surface area contributed by atoms with E-state index in [1.165, 1.54) is 26.4 Å². The molecule has 11 heteroatoms. The standard InChI is InChI=1S/C24H26ClFN4O5/c1-33-9-6-27-23(31)15-3-4-18(19(26)11-15)22-20(30-7-5-16(25)12-21(30)28-22)13-17-14-29(8-10-35-17)24(32)34-2/h3-5,7,11-12,17H,6,8-10,13-14H2,1-2H3,(H,27,31)/t17-/m0/s1. The van der Waals surface area contributed by atoms with Gasteiger partial charge in [-0.2, -0.15) is 0 Å². The number of pyridine rings is 1. The molecule has 3 aromatic rings. The SMILES string of the molecule is COCCNC(=O)c1ccc(-c2nc3cc(Cl)ccn3c2C[C@H]2CN(C(=O)OC)CCO2)c(F)c1. The van der Waals surface area contributed by atoms with E-state index in [1.807, 2.05) is 4.40 Å². The highest BCUT2D eigenvalue weighted by Gasteiger charge is 2.28. The summed E-state index contributed by atoms with van der Waals surface area (Å²) in [5, 5.41) is 3.17. The topological polar surface area (TPSA) is 94.4 Å². The Kier molecular flexibility index (Phi) is 7.84. The van der Waals surface area contributed by atoms with Crippen molar-refractivity contribution in [3.05, 3.63) is 58.6 Å². The molecule has 0 radical (unpaired) electrons. The second-order valence-electron chi connectivity index (χ2n) is 8.04. The molecule has 1 N–H and O–H groups in total. The van der Waals surface area contributed by atoms with Gasteiger partial charge in [0.25, 0.3) is 5.91 Å². The first-order chi connectivity index (χ1) is 16.9. The minimum absolute atomic E-state index is 0.194. The number of nitrogens with one attached hydrogen (secondary N) is 1. The lowest BCUT2D eigenvalue weighted by atomic mass is 10.0. The zero-order chi connectivity index (χ0) is 24.9. The number of carbonyl (C=O) groups is 2. The van der Waals surface area contributed by atoms with E-state index in [9.17, 15) is 9.59 Å². The van der Waals surface area contributed by atoms with E-state index in [2.05, 4.69) is 10.3 Å². The monoisotopic (exact) mass is 504 g/mol. The van der Waals surface area contributed by atoms with Gasteiger partial charge >= 0.3 is 6.09 Å². The number of nitrogens with zero attached hydrogens (tertiary/aromatic N) is 3. The Labute approximate surface area is 206 Å². The second-order valence-corrected chi connectivity index (χ2v) is 8.47. The summed E-state index contributed by atoms with van der Waals surface area (Å²) in [5.74, 6) is -0.978. The zero-order valence-electron chi connectivity index (χ0n) is 19.4. The predicted molar refractivity (Wildman–Crippen MR) is 127 cm³/mol. The molecule has 3 heterocycles. The average molecular weight is 505 g/mol. The fraction of sp³-hybridized carbons (Fsp3) is 0.375. The van der Waals surface area contributed by atoms with Crippen LogP contribution in [0.5, 0.6) is 0 Å². The van der Waals surface area contributed by atoms with Crippen molar-refractivity contribution in [3.63, 3.8) is 0 Å². The lowest BCUT2D eigenvalue weighted by Gasteiger charge is -2.32. The van der Waals surface area contributed by atoms with Gasteiger partial charge in [0.05, 0.1) is 44.4 Å². The Morgan fingerprint density at radius 3 is 2.86 bits per heavy atom. The molecule has 0 bridgehead atoms. The van der Waals surface area contributed by atoms with Crippen molar-refractivity contribution in [1.29, 1.82) is 0 Å². The Morgan fingerprint density at radius 1 is 1.29 bits per heavy atom. The van der Waals surface area contributed by atoms with Crippen LogP contribution in [0.3, 0.4) is 0 Å². The minimum Gasteiger partial charge on any atom is -0.453 e. The molecular weight excluding hydrogens is 479 g/mol. The summed E-state index contributed by atoms with van der Waals surface area (Å²) in [7, 11) is 2.87. The number of ether oxygens (including phenoxy) is 3. The Morgan fingerprint density at radius 2 is 2.11 bits per heavy atom. The summed E-state index contributed by atoms with van der Waals surface area (Å²) in [6.07, 6.45) is 1.37. The number of hydrogen-bond acceptors (Lipinski definition) is 6. The highest BCUT2D eigenvalue weighted by atomic mass is 35.5. The number of benzene rings is 1. The largest absolute Gasteiger partial charge is 0.453 e. The van der Waals surface area contributed by atoms with Crippen LogP contribution in [-0.4, -0.2) is 79.5 Å². The van der Waals surface area contributed by atoms with Crippen LogP contribution in [0.1, 0.15) is 16.1 Å². The van der Waals surface area contributed by atoms with Crippen molar-refractivity contribution in [2.75, 3.05) is 47.1 Å². The van der Waals surface area contributed by atoms with Crippen molar-refractivity contribution in [2.45, 2.75) is 12.5 Å². The number of morpholine rings is 1. The van der Waals surface area contributed by atoms with E-state index in [0.717, 1.165) is 0 Å². The van der Waals surface area contributed by atoms with E-state index in [-0.39, 0.29) is 17.2 Å². The molecule has 4 rings (SSSR count). The first-order valence-corrected chi connectivity index (χ1v) is 11.5. The van der Waals surface area contributed by atoms with Crippen LogP contribution < -0.4 is 5.32 Å². The lowest BCUT2D eigenvalue weighted by molar-refractivity contribution is -0.0241. The molecule has 1 atom stereocenters. The molecule has 0 saturated carbocycles. The number of hydrogen-bond donors (Lipinski definition) is 1. The van der Waals surface area contributed by atoms with Crippen LogP contribution in [0, 0.1) is 5.82 Å². The molecule has 1 saturated heterocycles. The van der Waals surface area contributed by atoms with Crippen molar-refractivity contribution in [2.24, 2.45) is 0 Å². The number of fused-ring (bicyclic) bond motifs is 1. The van der Waals surface area contributed by atoms with E-state index in [0.29, 0.717) is 61.3 Å². The van der Waals surface area contributed by atoms with Gasteiger partial charge in [0.15, 0.2) is 0 Å².